The fourth-order valence-corrected chi connectivity index (χ4v) is 6.15. The van der Waals surface area contributed by atoms with Crippen LogP contribution >= 0.6 is 0 Å². The zero-order valence-electron chi connectivity index (χ0n) is 16.0. The van der Waals surface area contributed by atoms with Crippen LogP contribution in [0.3, 0.4) is 0 Å². The molecule has 0 saturated heterocycles. The maximum atomic E-state index is 11.5. The van der Waals surface area contributed by atoms with Crippen LogP contribution in [0, 0.1) is 34.5 Å². The van der Waals surface area contributed by atoms with E-state index in [0.717, 1.165) is 30.3 Å². The summed E-state index contributed by atoms with van der Waals surface area (Å²) in [6, 6.07) is 0. The molecule has 3 saturated carbocycles. The third-order valence-electron chi connectivity index (χ3n) is 7.10. The first-order chi connectivity index (χ1) is 11.9. The molecular weight excluding hydrogens is 312 g/mol. The van der Waals surface area contributed by atoms with Crippen molar-refractivity contribution in [3.05, 3.63) is 25.3 Å². The summed E-state index contributed by atoms with van der Waals surface area (Å²) in [4.78, 5) is 11.5. The molecule has 3 fully saturated rings. The molecule has 25 heavy (non-hydrogen) atoms. The first-order valence-corrected chi connectivity index (χ1v) is 9.86. The van der Waals surface area contributed by atoms with Crippen LogP contribution in [-0.4, -0.2) is 25.8 Å². The van der Waals surface area contributed by atoms with Gasteiger partial charge in [-0.15, -0.1) is 6.58 Å². The van der Waals surface area contributed by atoms with Crippen LogP contribution in [0.4, 0.5) is 0 Å². The highest BCUT2D eigenvalue weighted by atomic mass is 16.5. The molecule has 6 atom stereocenters. The minimum Gasteiger partial charge on any atom is -0.462 e. The highest BCUT2D eigenvalue weighted by Crippen LogP contribution is 2.62. The molecule has 3 aliphatic carbocycles. The van der Waals surface area contributed by atoms with Crippen LogP contribution in [0.15, 0.2) is 25.3 Å². The van der Waals surface area contributed by atoms with E-state index in [9.17, 15) is 4.79 Å². The van der Waals surface area contributed by atoms with Crippen molar-refractivity contribution in [1.29, 1.82) is 0 Å². The monoisotopic (exact) mass is 346 g/mol. The molecule has 0 aromatic carbocycles. The lowest BCUT2D eigenvalue weighted by atomic mass is 9.65. The summed E-state index contributed by atoms with van der Waals surface area (Å²) in [6.45, 7) is 14.0. The average molecular weight is 347 g/mol. The van der Waals surface area contributed by atoms with Gasteiger partial charge in [0, 0.05) is 11.5 Å². The minimum absolute atomic E-state index is 0.132. The Kier molecular flexibility index (Phi) is 5.43. The molecule has 0 N–H and O–H groups in total. The molecule has 0 aromatic heterocycles. The van der Waals surface area contributed by atoms with Crippen molar-refractivity contribution in [3.8, 4) is 0 Å². The van der Waals surface area contributed by atoms with E-state index in [1.165, 1.54) is 44.6 Å². The summed E-state index contributed by atoms with van der Waals surface area (Å²) in [7, 11) is 0. The molecule has 0 heterocycles. The molecule has 3 rings (SSSR count). The van der Waals surface area contributed by atoms with Gasteiger partial charge >= 0.3 is 5.97 Å². The third kappa shape index (κ3) is 4.02. The summed E-state index contributed by atoms with van der Waals surface area (Å²) < 4.78 is 11.2. The van der Waals surface area contributed by atoms with Crippen molar-refractivity contribution >= 4 is 5.97 Å². The number of fused-ring (bicyclic) bond motifs is 5. The second-order valence-electron chi connectivity index (χ2n) is 9.47. The fraction of sp³-hybridized carbons (Fsp3) is 0.773. The van der Waals surface area contributed by atoms with E-state index in [1.807, 2.05) is 6.08 Å². The lowest BCUT2D eigenvalue weighted by molar-refractivity contribution is -0.142. The largest absolute Gasteiger partial charge is 0.462 e. The zero-order chi connectivity index (χ0) is 18.1. The molecule has 2 bridgehead atoms. The van der Waals surface area contributed by atoms with Crippen LogP contribution in [0.2, 0.25) is 0 Å². The lowest BCUT2D eigenvalue weighted by Gasteiger charge is -2.41. The highest BCUT2D eigenvalue weighted by Gasteiger charge is 2.54. The Balaban J connectivity index is 1.63. The van der Waals surface area contributed by atoms with E-state index >= 15 is 0 Å². The Morgan fingerprint density at radius 1 is 1.08 bits per heavy atom. The average Bonchev–Trinajstić information content (AvgIpc) is 2.83. The molecule has 0 aliphatic heterocycles. The van der Waals surface area contributed by atoms with Crippen molar-refractivity contribution in [2.75, 3.05) is 19.8 Å². The maximum Gasteiger partial charge on any atom is 0.330 e. The zero-order valence-corrected chi connectivity index (χ0v) is 16.0. The van der Waals surface area contributed by atoms with Gasteiger partial charge in [-0.3, -0.25) is 0 Å². The summed E-state index contributed by atoms with van der Waals surface area (Å²) in [5.41, 5.74) is 0.451. The summed E-state index contributed by atoms with van der Waals surface area (Å²) >= 11 is 0. The van der Waals surface area contributed by atoms with E-state index in [0.29, 0.717) is 18.6 Å². The van der Waals surface area contributed by atoms with Crippen LogP contribution in [0.25, 0.3) is 0 Å². The third-order valence-corrected chi connectivity index (χ3v) is 7.10. The van der Waals surface area contributed by atoms with Gasteiger partial charge in [-0.25, -0.2) is 4.79 Å². The number of hydrogen-bond donors (Lipinski definition) is 0. The first kappa shape index (κ1) is 18.7. The molecule has 0 amide bonds. The number of rotatable bonds is 7. The molecule has 0 spiro atoms. The second kappa shape index (κ2) is 7.26. The van der Waals surface area contributed by atoms with E-state index in [4.69, 9.17) is 9.47 Å². The lowest BCUT2D eigenvalue weighted by Crippen LogP contribution is -2.36. The quantitative estimate of drug-likeness (QED) is 0.288. The number of carbonyl (C=O) groups is 1. The van der Waals surface area contributed by atoms with E-state index in [1.54, 1.807) is 0 Å². The molecule has 0 aromatic rings. The van der Waals surface area contributed by atoms with Crippen LogP contribution < -0.4 is 0 Å². The van der Waals surface area contributed by atoms with E-state index in [2.05, 4.69) is 27.0 Å². The Labute approximate surface area is 152 Å². The second-order valence-corrected chi connectivity index (χ2v) is 9.47. The van der Waals surface area contributed by atoms with Gasteiger partial charge in [-0.1, -0.05) is 26.5 Å². The molecular formula is C22H34O3. The fourth-order valence-electron chi connectivity index (χ4n) is 6.15. The predicted molar refractivity (Wildman–Crippen MR) is 100 cm³/mol. The molecule has 3 heteroatoms. The van der Waals surface area contributed by atoms with Crippen molar-refractivity contribution in [1.82, 2.24) is 0 Å². The van der Waals surface area contributed by atoms with Crippen LogP contribution in [-0.2, 0) is 14.3 Å². The van der Waals surface area contributed by atoms with E-state index in [-0.39, 0.29) is 11.4 Å². The number of hydrogen-bond acceptors (Lipinski definition) is 3. The number of carbonyl (C=O) groups excluding carboxylic acids is 1. The Morgan fingerprint density at radius 3 is 2.48 bits per heavy atom. The van der Waals surface area contributed by atoms with Gasteiger partial charge in [0.15, 0.2) is 0 Å². The maximum absolute atomic E-state index is 11.5. The van der Waals surface area contributed by atoms with E-state index < -0.39 is 0 Å². The van der Waals surface area contributed by atoms with Gasteiger partial charge < -0.3 is 9.47 Å². The van der Waals surface area contributed by atoms with Gasteiger partial charge in [-0.2, -0.15) is 0 Å². The van der Waals surface area contributed by atoms with Crippen LogP contribution in [0.1, 0.15) is 52.4 Å². The summed E-state index contributed by atoms with van der Waals surface area (Å²) in [5, 5.41) is 0. The molecule has 3 nitrogen and oxygen atoms in total. The van der Waals surface area contributed by atoms with Crippen molar-refractivity contribution in [3.63, 3.8) is 0 Å². The van der Waals surface area contributed by atoms with Crippen LogP contribution in [0.5, 0.6) is 0 Å². The Hall–Kier alpha value is -1.09. The molecule has 0 radical (unpaired) electrons. The van der Waals surface area contributed by atoms with Crippen molar-refractivity contribution < 1.29 is 14.3 Å². The van der Waals surface area contributed by atoms with Gasteiger partial charge in [0.05, 0.1) is 19.8 Å². The van der Waals surface area contributed by atoms with Gasteiger partial charge in [0.2, 0.25) is 0 Å². The Morgan fingerprint density at radius 2 is 1.80 bits per heavy atom. The minimum atomic E-state index is -0.291. The smallest absolute Gasteiger partial charge is 0.330 e. The summed E-state index contributed by atoms with van der Waals surface area (Å²) in [6.07, 6.45) is 10.8. The SMILES string of the molecule is C=CCOCC1(C)CC2CC(C1)C1CC(C)(COC(=O)C=C)CCC21. The number of ether oxygens (including phenoxy) is 2. The highest BCUT2D eigenvalue weighted by molar-refractivity contribution is 5.81. The van der Waals surface area contributed by atoms with Gasteiger partial charge in [0.25, 0.3) is 0 Å². The van der Waals surface area contributed by atoms with Gasteiger partial charge in [0.1, 0.15) is 0 Å². The van der Waals surface area contributed by atoms with Crippen molar-refractivity contribution in [2.24, 2.45) is 34.5 Å². The molecule has 3 aliphatic rings. The molecule has 6 unspecified atom stereocenters. The standard InChI is InChI=1S/C22H34O3/c1-5-9-24-14-22(4)11-16-10-17(12-22)19-13-21(3,8-7-18(16)19)15-25-20(23)6-2/h5-6,16-19H,1-2,7-15H2,3-4H3. The summed E-state index contributed by atoms with van der Waals surface area (Å²) in [5.74, 6) is 3.06. The molecule has 140 valence electrons. The van der Waals surface area contributed by atoms with Crippen molar-refractivity contribution in [2.45, 2.75) is 52.4 Å². The Bertz CT molecular complexity index is 527. The normalized spacial score (nSPS) is 42.5. The van der Waals surface area contributed by atoms with Gasteiger partial charge in [-0.05, 0) is 67.6 Å². The predicted octanol–water partition coefficient (Wildman–Crippen LogP) is 4.78. The number of esters is 1. The first-order valence-electron chi connectivity index (χ1n) is 9.86. The topological polar surface area (TPSA) is 35.5 Å².